The number of hydrogen-bond acceptors (Lipinski definition) is 2. The zero-order valence-electron chi connectivity index (χ0n) is 9.55. The molecule has 2 rings (SSSR count). The standard InChI is InChI=1S/C12H21NO/c1-9(2)13-6-4-12(5-7-13)8-11(12)10(3)14/h9,11H,4-8H2,1-3H3. The van der Waals surface area contributed by atoms with Crippen LogP contribution in [0.2, 0.25) is 0 Å². The van der Waals surface area contributed by atoms with Crippen LogP contribution in [0.5, 0.6) is 0 Å². The number of likely N-dealkylation sites (tertiary alicyclic amines) is 1. The first-order chi connectivity index (χ1) is 6.55. The lowest BCUT2D eigenvalue weighted by Crippen LogP contribution is -2.39. The molecule has 2 aliphatic rings. The minimum atomic E-state index is 0.414. The normalized spacial score (nSPS) is 31.0. The Morgan fingerprint density at radius 3 is 2.29 bits per heavy atom. The van der Waals surface area contributed by atoms with E-state index in [0.717, 1.165) is 0 Å². The van der Waals surface area contributed by atoms with Crippen LogP contribution in [0, 0.1) is 11.3 Å². The lowest BCUT2D eigenvalue weighted by atomic mass is 9.89. The molecule has 0 aromatic rings. The van der Waals surface area contributed by atoms with Crippen molar-refractivity contribution in [2.24, 2.45) is 11.3 Å². The molecule has 1 saturated carbocycles. The van der Waals surface area contributed by atoms with Crippen LogP contribution in [-0.2, 0) is 4.79 Å². The Labute approximate surface area is 86.7 Å². The molecule has 1 unspecified atom stereocenters. The van der Waals surface area contributed by atoms with Gasteiger partial charge in [-0.2, -0.15) is 0 Å². The molecule has 1 aliphatic carbocycles. The number of rotatable bonds is 2. The number of nitrogens with zero attached hydrogens (tertiary/aromatic N) is 1. The van der Waals surface area contributed by atoms with E-state index < -0.39 is 0 Å². The van der Waals surface area contributed by atoms with Gasteiger partial charge in [0.2, 0.25) is 0 Å². The Bertz CT molecular complexity index is 239. The maximum absolute atomic E-state index is 11.3. The van der Waals surface area contributed by atoms with Crippen LogP contribution in [0.4, 0.5) is 0 Å². The van der Waals surface area contributed by atoms with Crippen LogP contribution in [0.25, 0.3) is 0 Å². The molecule has 1 saturated heterocycles. The highest BCUT2D eigenvalue weighted by Gasteiger charge is 2.56. The second kappa shape index (κ2) is 3.34. The zero-order chi connectivity index (χ0) is 10.3. The van der Waals surface area contributed by atoms with Gasteiger partial charge in [-0.15, -0.1) is 0 Å². The second-order valence-electron chi connectivity index (χ2n) is 5.36. The third-order valence-electron chi connectivity index (χ3n) is 4.20. The average molecular weight is 195 g/mol. The fraction of sp³-hybridized carbons (Fsp3) is 0.917. The summed E-state index contributed by atoms with van der Waals surface area (Å²) in [5, 5.41) is 0. The van der Waals surface area contributed by atoms with Crippen molar-refractivity contribution in [1.82, 2.24) is 4.90 Å². The molecule has 2 fully saturated rings. The molecule has 0 radical (unpaired) electrons. The predicted molar refractivity (Wildman–Crippen MR) is 57.2 cm³/mol. The van der Waals surface area contributed by atoms with Gasteiger partial charge in [0.15, 0.2) is 0 Å². The van der Waals surface area contributed by atoms with Gasteiger partial charge in [0, 0.05) is 12.0 Å². The largest absolute Gasteiger partial charge is 0.301 e. The number of Topliss-reactive ketones (excluding diaryl/α,β-unsaturated/α-hetero) is 1. The lowest BCUT2D eigenvalue weighted by Gasteiger charge is -2.35. The molecule has 2 nitrogen and oxygen atoms in total. The SMILES string of the molecule is CC(=O)C1CC12CCN(C(C)C)CC2. The number of piperidine rings is 1. The summed E-state index contributed by atoms with van der Waals surface area (Å²) in [7, 11) is 0. The van der Waals surface area contributed by atoms with Crippen molar-refractivity contribution >= 4 is 5.78 Å². The van der Waals surface area contributed by atoms with Gasteiger partial charge in [0.1, 0.15) is 5.78 Å². The smallest absolute Gasteiger partial charge is 0.133 e. The van der Waals surface area contributed by atoms with Gasteiger partial charge < -0.3 is 4.90 Å². The second-order valence-corrected chi connectivity index (χ2v) is 5.36. The van der Waals surface area contributed by atoms with Gasteiger partial charge in [-0.05, 0) is 58.5 Å². The molecular formula is C12H21NO. The van der Waals surface area contributed by atoms with Crippen molar-refractivity contribution in [2.75, 3.05) is 13.1 Å². The molecule has 2 heteroatoms. The molecular weight excluding hydrogens is 174 g/mol. The van der Waals surface area contributed by atoms with Crippen molar-refractivity contribution in [3.63, 3.8) is 0 Å². The van der Waals surface area contributed by atoms with E-state index in [1.165, 1.54) is 32.4 Å². The van der Waals surface area contributed by atoms with Crippen molar-refractivity contribution in [3.8, 4) is 0 Å². The zero-order valence-corrected chi connectivity index (χ0v) is 9.55. The fourth-order valence-electron chi connectivity index (χ4n) is 2.96. The highest BCUT2D eigenvalue weighted by atomic mass is 16.1. The van der Waals surface area contributed by atoms with Crippen LogP contribution in [0.15, 0.2) is 0 Å². The van der Waals surface area contributed by atoms with Gasteiger partial charge in [-0.3, -0.25) is 4.79 Å². The molecule has 1 spiro atoms. The molecule has 1 aliphatic heterocycles. The molecule has 14 heavy (non-hydrogen) atoms. The highest BCUT2D eigenvalue weighted by Crippen LogP contribution is 2.59. The summed E-state index contributed by atoms with van der Waals surface area (Å²) in [6, 6.07) is 0.668. The van der Waals surface area contributed by atoms with Gasteiger partial charge in [0.05, 0.1) is 0 Å². The minimum Gasteiger partial charge on any atom is -0.301 e. The highest BCUT2D eigenvalue weighted by molar-refractivity contribution is 5.82. The predicted octanol–water partition coefficient (Wildman–Crippen LogP) is 2.09. The maximum atomic E-state index is 11.3. The lowest BCUT2D eigenvalue weighted by molar-refractivity contribution is -0.119. The Morgan fingerprint density at radius 1 is 1.36 bits per heavy atom. The molecule has 1 atom stereocenters. The van der Waals surface area contributed by atoms with Crippen LogP contribution in [0.3, 0.4) is 0 Å². The molecule has 0 amide bonds. The van der Waals surface area contributed by atoms with Crippen molar-refractivity contribution in [1.29, 1.82) is 0 Å². The summed E-state index contributed by atoms with van der Waals surface area (Å²) < 4.78 is 0. The summed E-state index contributed by atoms with van der Waals surface area (Å²) in [6.07, 6.45) is 3.67. The average Bonchev–Trinajstić information content (AvgIpc) is 2.80. The molecule has 80 valence electrons. The third-order valence-corrected chi connectivity index (χ3v) is 4.20. The van der Waals surface area contributed by atoms with E-state index in [-0.39, 0.29) is 0 Å². The van der Waals surface area contributed by atoms with Crippen molar-refractivity contribution in [2.45, 2.75) is 46.1 Å². The van der Waals surface area contributed by atoms with E-state index in [1.807, 2.05) is 0 Å². The summed E-state index contributed by atoms with van der Waals surface area (Å²) >= 11 is 0. The minimum absolute atomic E-state index is 0.414. The van der Waals surface area contributed by atoms with E-state index in [1.54, 1.807) is 6.92 Å². The number of carbonyl (C=O) groups is 1. The van der Waals surface area contributed by atoms with Crippen LogP contribution >= 0.6 is 0 Å². The number of hydrogen-bond donors (Lipinski definition) is 0. The van der Waals surface area contributed by atoms with Crippen LogP contribution < -0.4 is 0 Å². The summed E-state index contributed by atoms with van der Waals surface area (Å²) in [4.78, 5) is 13.8. The number of ketones is 1. The Hall–Kier alpha value is -0.370. The molecule has 0 bridgehead atoms. The Morgan fingerprint density at radius 2 is 1.93 bits per heavy atom. The van der Waals surface area contributed by atoms with Gasteiger partial charge in [0.25, 0.3) is 0 Å². The van der Waals surface area contributed by atoms with Gasteiger partial charge in [-0.1, -0.05) is 0 Å². The van der Waals surface area contributed by atoms with Crippen molar-refractivity contribution < 1.29 is 4.79 Å². The molecule has 1 heterocycles. The van der Waals surface area contributed by atoms with E-state index in [4.69, 9.17) is 0 Å². The quantitative estimate of drug-likeness (QED) is 0.672. The van der Waals surface area contributed by atoms with Crippen LogP contribution in [-0.4, -0.2) is 29.8 Å². The molecule has 0 aromatic heterocycles. The Balaban J connectivity index is 1.89. The first-order valence-electron chi connectivity index (χ1n) is 5.80. The third kappa shape index (κ3) is 1.60. The van der Waals surface area contributed by atoms with Crippen LogP contribution in [0.1, 0.15) is 40.0 Å². The first kappa shape index (κ1) is 10.2. The fourth-order valence-corrected chi connectivity index (χ4v) is 2.96. The van der Waals surface area contributed by atoms with Crippen molar-refractivity contribution in [3.05, 3.63) is 0 Å². The monoisotopic (exact) mass is 195 g/mol. The van der Waals surface area contributed by atoms with E-state index in [0.29, 0.717) is 23.2 Å². The van der Waals surface area contributed by atoms with E-state index >= 15 is 0 Å². The maximum Gasteiger partial charge on any atom is 0.133 e. The van der Waals surface area contributed by atoms with E-state index in [9.17, 15) is 4.79 Å². The van der Waals surface area contributed by atoms with Gasteiger partial charge in [-0.25, -0.2) is 0 Å². The first-order valence-corrected chi connectivity index (χ1v) is 5.80. The molecule has 0 aromatic carbocycles. The van der Waals surface area contributed by atoms with E-state index in [2.05, 4.69) is 18.7 Å². The summed E-state index contributed by atoms with van der Waals surface area (Å²) in [5.74, 6) is 0.833. The molecule has 0 N–H and O–H groups in total. The Kier molecular flexibility index (Phi) is 2.42. The van der Waals surface area contributed by atoms with Gasteiger partial charge >= 0.3 is 0 Å². The summed E-state index contributed by atoms with van der Waals surface area (Å²) in [6.45, 7) is 8.66. The topological polar surface area (TPSA) is 20.3 Å². The number of carbonyl (C=O) groups excluding carboxylic acids is 1. The summed E-state index contributed by atoms with van der Waals surface area (Å²) in [5.41, 5.74) is 0.442.